The second-order valence-corrected chi connectivity index (χ2v) is 2.93. The number of aromatic amines is 1. The minimum atomic E-state index is -0.801. The molecule has 14 heavy (non-hydrogen) atoms. The normalized spacial score (nSPS) is 9.71. The Morgan fingerprint density at radius 3 is 2.79 bits per heavy atom. The molecule has 2 aromatic rings. The van der Waals surface area contributed by atoms with Gasteiger partial charge in [-0.3, -0.25) is 4.79 Å². The number of carboxylic acid groups (broad SMARTS) is 1. The lowest BCUT2D eigenvalue weighted by molar-refractivity contribution is -0.136. The Bertz CT molecular complexity index is 450. The maximum atomic E-state index is 10.5. The van der Waals surface area contributed by atoms with E-state index in [0.717, 1.165) is 16.5 Å². The first-order valence-electron chi connectivity index (χ1n) is 4.04. The molecular formula is C10H9AlNO2. The molecule has 4 heteroatoms. The Labute approximate surface area is 91.9 Å². The van der Waals surface area contributed by atoms with E-state index in [9.17, 15) is 4.79 Å². The van der Waals surface area contributed by atoms with Crippen LogP contribution >= 0.6 is 0 Å². The van der Waals surface area contributed by atoms with Crippen molar-refractivity contribution in [3.63, 3.8) is 0 Å². The van der Waals surface area contributed by atoms with Gasteiger partial charge in [0, 0.05) is 34.5 Å². The number of fused-ring (bicyclic) bond motifs is 1. The van der Waals surface area contributed by atoms with Crippen molar-refractivity contribution in [1.82, 2.24) is 4.98 Å². The van der Waals surface area contributed by atoms with Crippen LogP contribution in [0.15, 0.2) is 30.5 Å². The molecule has 0 bridgehead atoms. The molecule has 0 aliphatic heterocycles. The smallest absolute Gasteiger partial charge is 0.307 e. The first-order valence-corrected chi connectivity index (χ1v) is 4.04. The standard InChI is InChI=1S/C10H9NO2.Al/c12-10(13)5-7-6-11-9-4-2-1-3-8(7)9;/h1-4,6,11H,5H2,(H,12,13);. The van der Waals surface area contributed by atoms with Gasteiger partial charge in [0.2, 0.25) is 0 Å². The van der Waals surface area contributed by atoms with Crippen molar-refractivity contribution in [2.75, 3.05) is 0 Å². The van der Waals surface area contributed by atoms with Gasteiger partial charge >= 0.3 is 5.97 Å². The van der Waals surface area contributed by atoms with Gasteiger partial charge in [0.1, 0.15) is 0 Å². The molecule has 1 aromatic carbocycles. The number of rotatable bonds is 2. The summed E-state index contributed by atoms with van der Waals surface area (Å²) in [5.74, 6) is -0.801. The van der Waals surface area contributed by atoms with Crippen LogP contribution in [0.3, 0.4) is 0 Å². The third-order valence-electron chi connectivity index (χ3n) is 2.02. The van der Waals surface area contributed by atoms with Crippen LogP contribution in [0, 0.1) is 0 Å². The van der Waals surface area contributed by atoms with Crippen molar-refractivity contribution in [2.24, 2.45) is 0 Å². The Hall–Kier alpha value is -1.24. The van der Waals surface area contributed by atoms with E-state index in [1.54, 1.807) is 6.20 Å². The molecule has 0 unspecified atom stereocenters. The van der Waals surface area contributed by atoms with Crippen LogP contribution in [-0.4, -0.2) is 33.4 Å². The first-order chi connectivity index (χ1) is 6.27. The fourth-order valence-corrected chi connectivity index (χ4v) is 1.44. The fraction of sp³-hybridized carbons (Fsp3) is 0.100. The Morgan fingerprint density at radius 2 is 2.07 bits per heavy atom. The number of hydrogen-bond donors (Lipinski definition) is 2. The van der Waals surface area contributed by atoms with Gasteiger partial charge in [-0.2, -0.15) is 0 Å². The van der Waals surface area contributed by atoms with Crippen LogP contribution in [0.25, 0.3) is 10.9 Å². The summed E-state index contributed by atoms with van der Waals surface area (Å²) in [6.45, 7) is 0. The first kappa shape index (κ1) is 10.8. The van der Waals surface area contributed by atoms with E-state index in [4.69, 9.17) is 5.11 Å². The van der Waals surface area contributed by atoms with Gasteiger partial charge in [-0.15, -0.1) is 0 Å². The molecule has 0 fully saturated rings. The van der Waals surface area contributed by atoms with E-state index < -0.39 is 5.97 Å². The highest BCUT2D eigenvalue weighted by atomic mass is 27.0. The highest BCUT2D eigenvalue weighted by Gasteiger charge is 2.05. The molecule has 0 aliphatic carbocycles. The SMILES string of the molecule is O=C(O)Cc1c[nH]c2ccccc12.[Al]. The Kier molecular flexibility index (Phi) is 3.34. The molecule has 0 atom stereocenters. The molecular weight excluding hydrogens is 193 g/mol. The second kappa shape index (κ2) is 4.32. The number of H-pyrrole nitrogens is 1. The maximum Gasteiger partial charge on any atom is 0.307 e. The monoisotopic (exact) mass is 202 g/mol. The molecule has 1 aromatic heterocycles. The minimum absolute atomic E-state index is 0. The van der Waals surface area contributed by atoms with Gasteiger partial charge in [-0.25, -0.2) is 0 Å². The van der Waals surface area contributed by atoms with Crippen molar-refractivity contribution >= 4 is 34.2 Å². The van der Waals surface area contributed by atoms with Gasteiger partial charge in [-0.05, 0) is 11.6 Å². The summed E-state index contributed by atoms with van der Waals surface area (Å²) < 4.78 is 0. The van der Waals surface area contributed by atoms with Crippen molar-refractivity contribution < 1.29 is 9.90 Å². The molecule has 0 spiro atoms. The summed E-state index contributed by atoms with van der Waals surface area (Å²) in [5.41, 5.74) is 1.82. The minimum Gasteiger partial charge on any atom is -0.481 e. The van der Waals surface area contributed by atoms with Crippen LogP contribution in [-0.2, 0) is 11.2 Å². The number of nitrogens with one attached hydrogen (secondary N) is 1. The van der Waals surface area contributed by atoms with E-state index in [1.807, 2.05) is 24.3 Å². The van der Waals surface area contributed by atoms with E-state index >= 15 is 0 Å². The predicted molar refractivity (Wildman–Crippen MR) is 55.4 cm³/mol. The van der Waals surface area contributed by atoms with Gasteiger partial charge in [0.15, 0.2) is 0 Å². The highest BCUT2D eigenvalue weighted by Crippen LogP contribution is 2.17. The van der Waals surface area contributed by atoms with Crippen LogP contribution in [0.2, 0.25) is 0 Å². The number of aliphatic carboxylic acids is 1. The summed E-state index contributed by atoms with van der Waals surface area (Å²) in [4.78, 5) is 13.5. The number of para-hydroxylation sites is 1. The quantitative estimate of drug-likeness (QED) is 0.723. The van der Waals surface area contributed by atoms with Gasteiger partial charge in [-0.1, -0.05) is 18.2 Å². The summed E-state index contributed by atoms with van der Waals surface area (Å²) in [6, 6.07) is 7.68. The van der Waals surface area contributed by atoms with Gasteiger partial charge in [0.05, 0.1) is 6.42 Å². The Balaban J connectivity index is 0.000000980. The number of carboxylic acids is 1. The van der Waals surface area contributed by atoms with Crippen LogP contribution in [0.4, 0.5) is 0 Å². The Morgan fingerprint density at radius 1 is 1.36 bits per heavy atom. The molecule has 2 rings (SSSR count). The maximum absolute atomic E-state index is 10.5. The second-order valence-electron chi connectivity index (χ2n) is 2.93. The molecule has 0 saturated heterocycles. The van der Waals surface area contributed by atoms with Gasteiger partial charge in [0.25, 0.3) is 0 Å². The molecule has 1 heterocycles. The molecule has 3 nitrogen and oxygen atoms in total. The third kappa shape index (κ3) is 1.98. The fourth-order valence-electron chi connectivity index (χ4n) is 1.44. The number of carbonyl (C=O) groups is 1. The van der Waals surface area contributed by atoms with E-state index in [2.05, 4.69) is 4.98 Å². The zero-order valence-electron chi connectivity index (χ0n) is 7.53. The van der Waals surface area contributed by atoms with E-state index in [0.29, 0.717) is 0 Å². The largest absolute Gasteiger partial charge is 0.481 e. The average Bonchev–Trinajstić information content (AvgIpc) is 2.48. The van der Waals surface area contributed by atoms with Crippen molar-refractivity contribution in [2.45, 2.75) is 6.42 Å². The lowest BCUT2D eigenvalue weighted by Crippen LogP contribution is -1.98. The third-order valence-corrected chi connectivity index (χ3v) is 2.02. The lowest BCUT2D eigenvalue weighted by atomic mass is 10.1. The van der Waals surface area contributed by atoms with Crippen molar-refractivity contribution in [1.29, 1.82) is 0 Å². The number of aromatic nitrogens is 1. The predicted octanol–water partition coefficient (Wildman–Crippen LogP) is 1.41. The zero-order chi connectivity index (χ0) is 9.26. The highest BCUT2D eigenvalue weighted by molar-refractivity contribution is 5.86. The molecule has 0 aliphatic rings. The van der Waals surface area contributed by atoms with Gasteiger partial charge < -0.3 is 10.1 Å². The van der Waals surface area contributed by atoms with Crippen molar-refractivity contribution in [3.05, 3.63) is 36.0 Å². The van der Waals surface area contributed by atoms with Crippen LogP contribution in [0.1, 0.15) is 5.56 Å². The molecule has 0 saturated carbocycles. The summed E-state index contributed by atoms with van der Waals surface area (Å²) in [7, 11) is 0. The van der Waals surface area contributed by atoms with E-state index in [-0.39, 0.29) is 23.8 Å². The molecule has 69 valence electrons. The zero-order valence-corrected chi connectivity index (χ0v) is 8.68. The topological polar surface area (TPSA) is 53.1 Å². The molecule has 3 radical (unpaired) electrons. The number of hydrogen-bond acceptors (Lipinski definition) is 1. The van der Waals surface area contributed by atoms with Crippen LogP contribution < -0.4 is 0 Å². The van der Waals surface area contributed by atoms with E-state index in [1.165, 1.54) is 0 Å². The molecule has 2 N–H and O–H groups in total. The molecule has 0 amide bonds. The van der Waals surface area contributed by atoms with Crippen LogP contribution in [0.5, 0.6) is 0 Å². The summed E-state index contributed by atoms with van der Waals surface area (Å²) >= 11 is 0. The average molecular weight is 202 g/mol. The van der Waals surface area contributed by atoms with Crippen molar-refractivity contribution in [3.8, 4) is 0 Å². The summed E-state index contributed by atoms with van der Waals surface area (Å²) in [5, 5.41) is 9.62. The summed E-state index contributed by atoms with van der Waals surface area (Å²) in [6.07, 6.45) is 1.82. The number of benzene rings is 1. The lowest BCUT2D eigenvalue weighted by Gasteiger charge is -1.92.